The highest BCUT2D eigenvalue weighted by Gasteiger charge is 2.50. The van der Waals surface area contributed by atoms with Gasteiger partial charge in [0.15, 0.2) is 0 Å². The predicted molar refractivity (Wildman–Crippen MR) is 196 cm³/mol. The van der Waals surface area contributed by atoms with E-state index >= 15 is 0 Å². The monoisotopic (exact) mass is 618 g/mol. The zero-order valence-corrected chi connectivity index (χ0v) is 28.4. The molecule has 0 radical (unpaired) electrons. The average Bonchev–Trinajstić information content (AvgIpc) is 3.43. The summed E-state index contributed by atoms with van der Waals surface area (Å²) >= 11 is 8.66. The van der Waals surface area contributed by atoms with E-state index in [2.05, 4.69) is 160 Å². The van der Waals surface area contributed by atoms with Crippen LogP contribution in [0.2, 0.25) is 5.82 Å². The van der Waals surface area contributed by atoms with Crippen LogP contribution in [0.3, 0.4) is 0 Å². The lowest BCUT2D eigenvalue weighted by atomic mass is 9.28. The number of hydrogen-bond acceptors (Lipinski definition) is 0. The zero-order valence-electron chi connectivity index (χ0n) is 27.6. The average molecular weight is 619 g/mol. The Hall–Kier alpha value is -4.34. The Bertz CT molecular complexity index is 2230. The summed E-state index contributed by atoms with van der Waals surface area (Å²) in [6.07, 6.45) is 10.5. The van der Waals surface area contributed by atoms with Crippen molar-refractivity contribution in [2.24, 2.45) is 5.92 Å². The number of hydrogen-bond donors (Lipinski definition) is 0. The van der Waals surface area contributed by atoms with Crippen LogP contribution in [0, 0.1) is 47.5 Å². The van der Waals surface area contributed by atoms with Crippen molar-refractivity contribution in [2.45, 2.75) is 53.8 Å². The summed E-state index contributed by atoms with van der Waals surface area (Å²) in [6, 6.07) is 31.6. The number of rotatable bonds is 3. The Morgan fingerprint density at radius 2 is 1.26 bits per heavy atom. The van der Waals surface area contributed by atoms with Crippen molar-refractivity contribution in [3.8, 4) is 11.4 Å². The quantitative estimate of drug-likeness (QED) is 0.151. The van der Waals surface area contributed by atoms with Crippen molar-refractivity contribution in [2.75, 3.05) is 0 Å². The third-order valence-electron chi connectivity index (χ3n) is 10.7. The SMILES string of the molecule is Cc1cc(C)c(-n2cc[n+](-c3c(C)cc(C)cc3C)c2[B-]2(Cl)c3cc4ccccc4cc3CC3C=c4ccccc4=CC32)c(C)c1. The van der Waals surface area contributed by atoms with Crippen LogP contribution < -0.4 is 26.2 Å². The van der Waals surface area contributed by atoms with Crippen LogP contribution in [0.4, 0.5) is 0 Å². The van der Waals surface area contributed by atoms with Gasteiger partial charge in [0.25, 0.3) is 0 Å². The largest absolute Gasteiger partial charge is 0.367 e. The molecule has 0 bridgehead atoms. The molecule has 0 fully saturated rings. The predicted octanol–water partition coefficient (Wildman–Crippen LogP) is 6.87. The molecule has 3 atom stereocenters. The first kappa shape index (κ1) is 29.1. The Labute approximate surface area is 277 Å². The molecular weight excluding hydrogens is 579 g/mol. The number of nitrogens with zero attached hydrogens (tertiary/aromatic N) is 2. The molecule has 2 aliphatic rings. The Morgan fingerprint density at radius 3 is 1.91 bits per heavy atom. The molecule has 1 aromatic heterocycles. The number of fused-ring (bicyclic) bond motifs is 4. The Morgan fingerprint density at radius 1 is 0.696 bits per heavy atom. The van der Waals surface area contributed by atoms with Crippen LogP contribution in [-0.2, 0) is 6.42 Å². The highest BCUT2D eigenvalue weighted by atomic mass is 35.5. The van der Waals surface area contributed by atoms with Gasteiger partial charge >= 0.3 is 0 Å². The molecule has 2 heterocycles. The van der Waals surface area contributed by atoms with E-state index in [1.165, 1.54) is 77.0 Å². The molecule has 8 rings (SSSR count). The minimum absolute atomic E-state index is 0.0993. The van der Waals surface area contributed by atoms with Crippen LogP contribution in [-0.4, -0.2) is 10.1 Å². The first-order valence-corrected chi connectivity index (χ1v) is 17.0. The van der Waals surface area contributed by atoms with Crippen LogP contribution in [0.1, 0.15) is 38.9 Å². The lowest BCUT2D eigenvalue weighted by molar-refractivity contribution is -0.577. The van der Waals surface area contributed by atoms with Gasteiger partial charge in [-0.05, 0) is 97.3 Å². The normalized spacial score (nSPS) is 20.0. The molecule has 2 nitrogen and oxygen atoms in total. The van der Waals surface area contributed by atoms with Gasteiger partial charge in [-0.15, -0.1) is 11.9 Å². The fraction of sp³-hybridized carbons (Fsp3) is 0.214. The number of imidazole rings is 1. The second-order valence-corrected chi connectivity index (χ2v) is 14.7. The second-order valence-electron chi connectivity index (χ2n) is 14.0. The molecule has 6 aromatic rings. The van der Waals surface area contributed by atoms with Gasteiger partial charge in [-0.1, -0.05) is 108 Å². The van der Waals surface area contributed by atoms with Crippen molar-refractivity contribution in [3.63, 3.8) is 0 Å². The molecule has 1 aliphatic heterocycles. The molecule has 1 aliphatic carbocycles. The first-order valence-electron chi connectivity index (χ1n) is 16.6. The summed E-state index contributed by atoms with van der Waals surface area (Å²) in [5.74, 6) is 0.375. The molecule has 5 aromatic carbocycles. The maximum absolute atomic E-state index is 8.66. The lowest BCUT2D eigenvalue weighted by Gasteiger charge is -2.48. The Kier molecular flexibility index (Phi) is 6.71. The molecule has 0 saturated heterocycles. The van der Waals surface area contributed by atoms with E-state index in [4.69, 9.17) is 11.5 Å². The van der Waals surface area contributed by atoms with E-state index in [-0.39, 0.29) is 11.7 Å². The topological polar surface area (TPSA) is 8.81 Å². The molecule has 0 amide bonds. The van der Waals surface area contributed by atoms with Gasteiger partial charge in [-0.25, -0.2) is 9.13 Å². The number of halogens is 1. The lowest BCUT2D eigenvalue weighted by Crippen LogP contribution is -2.72. The maximum atomic E-state index is 8.66. The molecule has 3 unspecified atom stereocenters. The summed E-state index contributed by atoms with van der Waals surface area (Å²) in [5.41, 5.74) is 11.9. The second kappa shape index (κ2) is 10.6. The van der Waals surface area contributed by atoms with E-state index in [0.29, 0.717) is 0 Å². The van der Waals surface area contributed by atoms with E-state index in [1.807, 2.05) is 0 Å². The van der Waals surface area contributed by atoms with Gasteiger partial charge in [0, 0.05) is 0 Å². The summed E-state index contributed by atoms with van der Waals surface area (Å²) in [7, 11) is 0. The third kappa shape index (κ3) is 4.36. The first-order chi connectivity index (χ1) is 22.1. The number of aryl methyl sites for hydroxylation is 6. The fourth-order valence-corrected chi connectivity index (χ4v) is 9.76. The smallest absolute Gasteiger partial charge is 0.237 e. The van der Waals surface area contributed by atoms with Gasteiger partial charge in [0.05, 0.1) is 0 Å². The van der Waals surface area contributed by atoms with Gasteiger partial charge < -0.3 is 11.5 Å². The molecule has 4 heteroatoms. The van der Waals surface area contributed by atoms with E-state index in [1.54, 1.807) is 0 Å². The summed E-state index contributed by atoms with van der Waals surface area (Å²) in [4.78, 5) is 0. The zero-order chi connectivity index (χ0) is 31.9. The van der Waals surface area contributed by atoms with E-state index < -0.39 is 5.56 Å². The van der Waals surface area contributed by atoms with Crippen molar-refractivity contribution in [1.82, 2.24) is 4.57 Å². The molecule has 0 N–H and O–H groups in total. The van der Waals surface area contributed by atoms with Gasteiger partial charge in [0.1, 0.15) is 29.5 Å². The van der Waals surface area contributed by atoms with Crippen molar-refractivity contribution >= 4 is 51.1 Å². The molecule has 0 spiro atoms. The van der Waals surface area contributed by atoms with Gasteiger partial charge in [-0.3, -0.25) is 0 Å². The van der Waals surface area contributed by atoms with E-state index in [9.17, 15) is 0 Å². The summed E-state index contributed by atoms with van der Waals surface area (Å²) in [5, 5.41) is 5.09. The molecule has 0 saturated carbocycles. The minimum atomic E-state index is -1.87. The van der Waals surface area contributed by atoms with Gasteiger partial charge in [-0.2, -0.15) is 5.46 Å². The molecular formula is C42H40BClN2. The third-order valence-corrected chi connectivity index (χ3v) is 11.4. The van der Waals surface area contributed by atoms with Crippen molar-refractivity contribution in [3.05, 3.63) is 147 Å². The van der Waals surface area contributed by atoms with Crippen molar-refractivity contribution in [1.29, 1.82) is 0 Å². The molecule has 228 valence electrons. The van der Waals surface area contributed by atoms with Crippen LogP contribution in [0.25, 0.3) is 34.3 Å². The summed E-state index contributed by atoms with van der Waals surface area (Å²) in [6.45, 7) is 13.3. The van der Waals surface area contributed by atoms with E-state index in [0.717, 1.165) is 12.1 Å². The van der Waals surface area contributed by atoms with Crippen molar-refractivity contribution < 1.29 is 4.57 Å². The van der Waals surface area contributed by atoms with Crippen LogP contribution in [0.5, 0.6) is 0 Å². The van der Waals surface area contributed by atoms with Crippen LogP contribution in [0.15, 0.2) is 97.3 Å². The maximum Gasteiger partial charge on any atom is 0.237 e. The number of aromatic nitrogens is 2. The highest BCUT2D eigenvalue weighted by Crippen LogP contribution is 2.43. The minimum Gasteiger partial charge on any atom is -0.367 e. The fourth-order valence-electron chi connectivity index (χ4n) is 9.09. The summed E-state index contributed by atoms with van der Waals surface area (Å²) < 4.78 is 4.87. The molecule has 46 heavy (non-hydrogen) atoms. The Balaban J connectivity index is 1.54. The number of benzene rings is 5. The van der Waals surface area contributed by atoms with Gasteiger partial charge in [0.2, 0.25) is 5.56 Å². The van der Waals surface area contributed by atoms with Crippen LogP contribution >= 0.6 is 11.5 Å². The highest BCUT2D eigenvalue weighted by molar-refractivity contribution is 7.34. The standard InChI is InChI=1S/C42H40BClN2/c1-26-17-28(3)40(29(4)18-26)45-15-16-46(41-30(5)19-27(2)20-31(41)6)42(45)43(44)38-24-34-13-9-7-11-32(34)21-36(38)23-37-22-33-12-8-10-14-35(33)25-39(37)43/h7-22,24-25,36,38H,23H2,1-6H3.